The topological polar surface area (TPSA) is 53.4 Å². The molecule has 0 aliphatic carbocycles. The maximum Gasteiger partial charge on any atom is 0.172 e. The van der Waals surface area contributed by atoms with Gasteiger partial charge in [0.15, 0.2) is 5.78 Å². The van der Waals surface area contributed by atoms with Crippen LogP contribution in [-0.4, -0.2) is 29.8 Å². The number of carbonyl (C=O) groups is 1. The number of benzene rings is 1. The minimum Gasteiger partial charge on any atom is -0.497 e. The summed E-state index contributed by atoms with van der Waals surface area (Å²) in [6.07, 6.45) is 0.238. The van der Waals surface area contributed by atoms with E-state index in [1.54, 1.807) is 37.1 Å². The molecule has 2 aromatic rings. The Morgan fingerprint density at radius 1 is 1.33 bits per heavy atom. The van der Waals surface area contributed by atoms with E-state index in [0.717, 1.165) is 15.9 Å². The number of methoxy groups -OCH3 is 2. The van der Waals surface area contributed by atoms with Gasteiger partial charge >= 0.3 is 0 Å². The molecular formula is C15H17BrN2O3. The van der Waals surface area contributed by atoms with Crippen LogP contribution in [-0.2, 0) is 13.5 Å². The molecule has 0 aliphatic heterocycles. The zero-order valence-electron chi connectivity index (χ0n) is 12.4. The zero-order valence-corrected chi connectivity index (χ0v) is 14.0. The van der Waals surface area contributed by atoms with E-state index in [4.69, 9.17) is 9.47 Å². The molecule has 1 heterocycles. The Hall–Kier alpha value is -1.82. The third-order valence-electron chi connectivity index (χ3n) is 3.30. The number of carbonyl (C=O) groups excluding carboxylic acids is 1. The lowest BCUT2D eigenvalue weighted by atomic mass is 10.0. The molecule has 0 aliphatic rings. The largest absolute Gasteiger partial charge is 0.497 e. The highest BCUT2D eigenvalue weighted by atomic mass is 79.9. The second kappa shape index (κ2) is 6.30. The fraction of sp³-hybridized carbons (Fsp3) is 0.333. The quantitative estimate of drug-likeness (QED) is 0.776. The minimum absolute atomic E-state index is 0.0468. The lowest BCUT2D eigenvalue weighted by Crippen LogP contribution is -2.10. The van der Waals surface area contributed by atoms with Crippen LogP contribution >= 0.6 is 15.9 Å². The van der Waals surface area contributed by atoms with Crippen molar-refractivity contribution in [2.75, 3.05) is 14.2 Å². The number of Topliss-reactive ketones (excluding diaryl/α,β-unsaturated/α-hetero) is 1. The highest BCUT2D eigenvalue weighted by Crippen LogP contribution is 2.27. The second-order valence-corrected chi connectivity index (χ2v) is 5.43. The highest BCUT2D eigenvalue weighted by molar-refractivity contribution is 9.10. The van der Waals surface area contributed by atoms with E-state index in [-0.39, 0.29) is 12.2 Å². The molecule has 2 rings (SSSR count). The Bertz CT molecular complexity index is 680. The van der Waals surface area contributed by atoms with Crippen LogP contribution in [0.1, 0.15) is 21.7 Å². The molecule has 1 aromatic carbocycles. The van der Waals surface area contributed by atoms with Gasteiger partial charge in [0.1, 0.15) is 11.5 Å². The van der Waals surface area contributed by atoms with Gasteiger partial charge in [-0.05, 0) is 41.1 Å². The van der Waals surface area contributed by atoms with Gasteiger partial charge in [0, 0.05) is 7.05 Å². The standard InChI is InChI=1S/C15H17BrN2O3/c1-9-15(16)12(18(2)17-9)8-13(19)11-7-10(20-3)5-6-14(11)21-4/h5-7H,8H2,1-4H3. The molecule has 0 amide bonds. The van der Waals surface area contributed by atoms with Gasteiger partial charge < -0.3 is 9.47 Å². The third kappa shape index (κ3) is 3.10. The number of ketones is 1. The van der Waals surface area contributed by atoms with E-state index < -0.39 is 0 Å². The van der Waals surface area contributed by atoms with Crippen molar-refractivity contribution in [1.82, 2.24) is 9.78 Å². The van der Waals surface area contributed by atoms with Crippen LogP contribution in [0, 0.1) is 6.92 Å². The van der Waals surface area contributed by atoms with Crippen molar-refractivity contribution in [3.8, 4) is 11.5 Å². The van der Waals surface area contributed by atoms with Crippen molar-refractivity contribution in [2.45, 2.75) is 13.3 Å². The molecule has 0 saturated heterocycles. The van der Waals surface area contributed by atoms with Crippen molar-refractivity contribution in [3.63, 3.8) is 0 Å². The number of halogens is 1. The summed E-state index contributed by atoms with van der Waals surface area (Å²) in [5.74, 6) is 1.12. The van der Waals surface area contributed by atoms with Crippen molar-refractivity contribution in [3.05, 3.63) is 39.6 Å². The average molecular weight is 353 g/mol. The van der Waals surface area contributed by atoms with Crippen LogP contribution in [0.25, 0.3) is 0 Å². The molecule has 0 bridgehead atoms. The smallest absolute Gasteiger partial charge is 0.172 e. The average Bonchev–Trinajstić information content (AvgIpc) is 2.72. The van der Waals surface area contributed by atoms with Gasteiger partial charge in [0.25, 0.3) is 0 Å². The fourth-order valence-corrected chi connectivity index (χ4v) is 2.63. The third-order valence-corrected chi connectivity index (χ3v) is 4.33. The van der Waals surface area contributed by atoms with Crippen LogP contribution < -0.4 is 9.47 Å². The number of ether oxygens (including phenoxy) is 2. The number of hydrogen-bond acceptors (Lipinski definition) is 4. The minimum atomic E-state index is -0.0468. The molecule has 0 fully saturated rings. The zero-order chi connectivity index (χ0) is 15.6. The molecule has 0 unspecified atom stereocenters. The first-order valence-corrected chi connectivity index (χ1v) is 7.20. The Morgan fingerprint density at radius 3 is 2.57 bits per heavy atom. The Labute approximate surface area is 132 Å². The van der Waals surface area contributed by atoms with E-state index in [9.17, 15) is 4.79 Å². The molecule has 0 radical (unpaired) electrons. The first kappa shape index (κ1) is 15.6. The maximum absolute atomic E-state index is 12.6. The molecule has 0 N–H and O–H groups in total. The van der Waals surface area contributed by atoms with E-state index in [1.165, 1.54) is 0 Å². The lowest BCUT2D eigenvalue weighted by Gasteiger charge is -2.10. The van der Waals surface area contributed by atoms with Gasteiger partial charge in [-0.15, -0.1) is 0 Å². The number of aromatic nitrogens is 2. The molecule has 5 nitrogen and oxygen atoms in total. The van der Waals surface area contributed by atoms with E-state index >= 15 is 0 Å². The van der Waals surface area contributed by atoms with Crippen LogP contribution in [0.15, 0.2) is 22.7 Å². The van der Waals surface area contributed by atoms with Gasteiger partial charge in [-0.2, -0.15) is 5.10 Å². The van der Waals surface area contributed by atoms with Gasteiger partial charge in [0.2, 0.25) is 0 Å². The Morgan fingerprint density at radius 2 is 2.05 bits per heavy atom. The van der Waals surface area contributed by atoms with Gasteiger partial charge in [0.05, 0.1) is 42.1 Å². The summed E-state index contributed by atoms with van der Waals surface area (Å²) in [5, 5.41) is 4.30. The van der Waals surface area contributed by atoms with Crippen LogP contribution in [0.3, 0.4) is 0 Å². The number of rotatable bonds is 5. The van der Waals surface area contributed by atoms with Gasteiger partial charge in [-0.1, -0.05) is 0 Å². The van der Waals surface area contributed by atoms with Crippen LogP contribution in [0.4, 0.5) is 0 Å². The van der Waals surface area contributed by atoms with Crippen molar-refractivity contribution in [1.29, 1.82) is 0 Å². The van der Waals surface area contributed by atoms with Crippen LogP contribution in [0.5, 0.6) is 11.5 Å². The van der Waals surface area contributed by atoms with Gasteiger partial charge in [-0.3, -0.25) is 9.48 Å². The summed E-state index contributed by atoms with van der Waals surface area (Å²) in [7, 11) is 4.93. The van der Waals surface area contributed by atoms with Crippen molar-refractivity contribution in [2.24, 2.45) is 7.05 Å². The van der Waals surface area contributed by atoms with Crippen LogP contribution in [0.2, 0.25) is 0 Å². The first-order chi connectivity index (χ1) is 9.97. The molecule has 1 aromatic heterocycles. The predicted octanol–water partition coefficient (Wildman–Crippen LogP) is 2.93. The first-order valence-electron chi connectivity index (χ1n) is 6.41. The van der Waals surface area contributed by atoms with E-state index in [1.807, 2.05) is 14.0 Å². The molecular weight excluding hydrogens is 336 g/mol. The molecule has 0 saturated carbocycles. The molecule has 0 spiro atoms. The molecule has 112 valence electrons. The normalized spacial score (nSPS) is 10.5. The van der Waals surface area contributed by atoms with Gasteiger partial charge in [-0.25, -0.2) is 0 Å². The Kier molecular flexibility index (Phi) is 4.67. The predicted molar refractivity (Wildman–Crippen MR) is 83.2 cm³/mol. The Balaban J connectivity index is 2.36. The maximum atomic E-state index is 12.6. The highest BCUT2D eigenvalue weighted by Gasteiger charge is 2.19. The monoisotopic (exact) mass is 352 g/mol. The van der Waals surface area contributed by atoms with E-state index in [0.29, 0.717) is 17.1 Å². The molecule has 0 atom stereocenters. The summed E-state index contributed by atoms with van der Waals surface area (Å²) in [5.41, 5.74) is 2.20. The summed E-state index contributed by atoms with van der Waals surface area (Å²) >= 11 is 3.47. The van der Waals surface area contributed by atoms with Crippen molar-refractivity contribution >= 4 is 21.7 Å². The summed E-state index contributed by atoms with van der Waals surface area (Å²) in [6, 6.07) is 5.19. The second-order valence-electron chi connectivity index (χ2n) is 4.64. The molecule has 21 heavy (non-hydrogen) atoms. The van der Waals surface area contributed by atoms with Crippen molar-refractivity contribution < 1.29 is 14.3 Å². The fourth-order valence-electron chi connectivity index (χ4n) is 2.15. The summed E-state index contributed by atoms with van der Waals surface area (Å²) in [6.45, 7) is 1.89. The molecule has 6 heteroatoms. The lowest BCUT2D eigenvalue weighted by molar-refractivity contribution is 0.0987. The number of aryl methyl sites for hydroxylation is 2. The summed E-state index contributed by atoms with van der Waals surface area (Å²) in [4.78, 5) is 12.6. The SMILES string of the molecule is COc1ccc(OC)c(C(=O)Cc2c(Br)c(C)nn2C)c1. The van der Waals surface area contributed by atoms with E-state index in [2.05, 4.69) is 21.0 Å². The number of nitrogens with zero attached hydrogens (tertiary/aromatic N) is 2. The number of hydrogen-bond donors (Lipinski definition) is 0. The summed E-state index contributed by atoms with van der Waals surface area (Å²) < 4.78 is 13.0.